The van der Waals surface area contributed by atoms with Crippen LogP contribution in [0.4, 0.5) is 5.69 Å². The predicted octanol–water partition coefficient (Wildman–Crippen LogP) is 4.97. The van der Waals surface area contributed by atoms with Gasteiger partial charge in [0.15, 0.2) is 0 Å². The first-order chi connectivity index (χ1) is 28.7. The number of fused-ring (bicyclic) bond motifs is 6. The molecule has 5 atom stereocenters. The Balaban J connectivity index is 1.26. The molecule has 6 heterocycles. The molecular weight excluding hydrogens is 781 g/mol. The quantitative estimate of drug-likeness (QED) is 0.206. The van der Waals surface area contributed by atoms with Gasteiger partial charge < -0.3 is 34.3 Å². The van der Waals surface area contributed by atoms with Gasteiger partial charge in [-0.1, -0.05) is 19.9 Å². The predicted molar refractivity (Wildman–Crippen MR) is 232 cm³/mol. The third-order valence-electron chi connectivity index (χ3n) is 13.0. The summed E-state index contributed by atoms with van der Waals surface area (Å²) in [5, 5.41) is 17.9. The maximum atomic E-state index is 14.3. The molecule has 14 nitrogen and oxygen atoms in total. The van der Waals surface area contributed by atoms with Crippen molar-refractivity contribution in [2.24, 2.45) is 17.3 Å². The van der Waals surface area contributed by atoms with Crippen molar-refractivity contribution in [1.82, 2.24) is 35.2 Å². The highest BCUT2D eigenvalue weighted by molar-refractivity contribution is 7.10. The van der Waals surface area contributed by atoms with E-state index in [1.54, 1.807) is 14.0 Å². The van der Waals surface area contributed by atoms with Crippen LogP contribution in [0.25, 0.3) is 33.4 Å². The standard InChI is InChI=1S/C45H60N8O6S/c1-8-52-37-11-10-28-18-32(37)34(40(52)33-20-30(23-46-39(33)27(2)58-7)51-16-14-50(6)15-17-51)22-44(3,4)26-59-43(57)45(5)12-9-13-53(49-45)42(56)35(21-38-47-36(28)25-60-38)48-41(55)31-19-29(31)24-54/h10-11,18,20,23,25,27,29,31,35,49,54H,8-9,12-17,19,21-22,24,26H2,1-7H3,(H,48,55)/t27-,29+,31-,35-,45+/m0/s1. The molecule has 3 aliphatic heterocycles. The highest BCUT2D eigenvalue weighted by atomic mass is 32.1. The molecule has 3 fully saturated rings. The highest BCUT2D eigenvalue weighted by Gasteiger charge is 2.46. The van der Waals surface area contributed by atoms with E-state index in [1.807, 2.05) is 18.5 Å². The summed E-state index contributed by atoms with van der Waals surface area (Å²) < 4.78 is 14.6. The molecule has 8 rings (SSSR count). The summed E-state index contributed by atoms with van der Waals surface area (Å²) in [6, 6.07) is 7.86. The van der Waals surface area contributed by atoms with Crippen molar-refractivity contribution >= 4 is 45.7 Å². The van der Waals surface area contributed by atoms with Crippen LogP contribution < -0.4 is 15.6 Å². The number of rotatable bonds is 8. The van der Waals surface area contributed by atoms with Crippen molar-refractivity contribution in [3.63, 3.8) is 0 Å². The molecular formula is C45H60N8O6S. The third kappa shape index (κ3) is 8.31. The number of amides is 2. The van der Waals surface area contributed by atoms with E-state index in [2.05, 4.69) is 77.2 Å². The van der Waals surface area contributed by atoms with Crippen LogP contribution in [-0.4, -0.2) is 119 Å². The van der Waals surface area contributed by atoms with E-state index in [-0.39, 0.29) is 49.4 Å². The lowest BCUT2D eigenvalue weighted by molar-refractivity contribution is -0.162. The SMILES string of the molecule is CCn1c(-c2cc(N3CCN(C)CC3)cnc2[C@H](C)OC)c2c3cc(ccc31)-c1csc(n1)C[C@H](NC(=O)[C@H]1C[C@@H]1CO)C(=O)N1CCC[C@@](C)(N1)C(=O)OCC(C)(C)C2. The Hall–Kier alpha value is -4.41. The minimum Gasteiger partial charge on any atom is -0.464 e. The highest BCUT2D eigenvalue weighted by Crippen LogP contribution is 2.43. The number of likely N-dealkylation sites (N-methyl/N-ethyl adjacent to an activating group) is 1. The van der Waals surface area contributed by atoms with E-state index in [1.165, 1.54) is 16.3 Å². The molecule has 60 heavy (non-hydrogen) atoms. The van der Waals surface area contributed by atoms with E-state index in [9.17, 15) is 19.5 Å². The Morgan fingerprint density at radius 1 is 1.15 bits per heavy atom. The molecule has 1 aliphatic carbocycles. The number of pyridine rings is 1. The smallest absolute Gasteiger partial charge is 0.327 e. The van der Waals surface area contributed by atoms with E-state index >= 15 is 0 Å². The van der Waals surface area contributed by atoms with Crippen molar-refractivity contribution in [1.29, 1.82) is 0 Å². The lowest BCUT2D eigenvalue weighted by Gasteiger charge is -2.41. The average molecular weight is 841 g/mol. The van der Waals surface area contributed by atoms with E-state index in [0.29, 0.717) is 43.8 Å². The molecule has 1 saturated carbocycles. The maximum Gasteiger partial charge on any atom is 0.327 e. The van der Waals surface area contributed by atoms with Crippen molar-refractivity contribution in [2.75, 3.05) is 65.0 Å². The number of cyclic esters (lactones) is 1. The number of esters is 1. The van der Waals surface area contributed by atoms with Gasteiger partial charge in [0.1, 0.15) is 11.6 Å². The van der Waals surface area contributed by atoms with Gasteiger partial charge in [-0.25, -0.2) is 15.2 Å². The first kappa shape index (κ1) is 42.3. The molecule has 1 aromatic carbocycles. The topological polar surface area (TPSA) is 154 Å². The number of hydrogen-bond donors (Lipinski definition) is 3. The summed E-state index contributed by atoms with van der Waals surface area (Å²) >= 11 is 1.46. The van der Waals surface area contributed by atoms with E-state index in [0.717, 1.165) is 76.5 Å². The minimum atomic E-state index is -1.16. The number of aryl methyl sites for hydroxylation is 1. The molecule has 2 amide bonds. The Kier molecular flexibility index (Phi) is 11.8. The van der Waals surface area contributed by atoms with Crippen LogP contribution in [0.5, 0.6) is 0 Å². The Bertz CT molecular complexity index is 2260. The van der Waals surface area contributed by atoms with Crippen molar-refractivity contribution in [2.45, 2.75) is 91.0 Å². The van der Waals surface area contributed by atoms with Crippen molar-refractivity contribution < 1.29 is 29.0 Å². The number of nitrogens with zero attached hydrogens (tertiary/aromatic N) is 6. The molecule has 2 saturated heterocycles. The van der Waals surface area contributed by atoms with E-state index < -0.39 is 23.0 Å². The van der Waals surface area contributed by atoms with Gasteiger partial charge in [0.25, 0.3) is 5.91 Å². The number of aliphatic hydroxyl groups excluding tert-OH is 1. The number of nitrogens with one attached hydrogen (secondary N) is 2. The maximum absolute atomic E-state index is 14.3. The number of methoxy groups -OCH3 is 1. The number of hydrogen-bond acceptors (Lipinski definition) is 12. The number of anilines is 1. The number of hydrazine groups is 1. The van der Waals surface area contributed by atoms with Crippen LogP contribution >= 0.6 is 11.3 Å². The number of piperazine rings is 1. The third-order valence-corrected chi connectivity index (χ3v) is 13.9. The molecule has 6 bridgehead atoms. The van der Waals surface area contributed by atoms with Crippen LogP contribution in [0.2, 0.25) is 0 Å². The summed E-state index contributed by atoms with van der Waals surface area (Å²) in [5.41, 5.74) is 9.55. The summed E-state index contributed by atoms with van der Waals surface area (Å²) in [7, 11) is 3.88. The lowest BCUT2D eigenvalue weighted by atomic mass is 9.84. The van der Waals surface area contributed by atoms with Crippen molar-refractivity contribution in [3.8, 4) is 22.5 Å². The summed E-state index contributed by atoms with van der Waals surface area (Å²) in [5.74, 6) is -1.46. The van der Waals surface area contributed by atoms with Gasteiger partial charge in [0.2, 0.25) is 5.91 Å². The zero-order valence-electron chi connectivity index (χ0n) is 36.0. The number of ether oxygens (including phenoxy) is 2. The summed E-state index contributed by atoms with van der Waals surface area (Å²) in [4.78, 5) is 56.7. The first-order valence-electron chi connectivity index (χ1n) is 21.5. The van der Waals surface area contributed by atoms with E-state index in [4.69, 9.17) is 19.4 Å². The second-order valence-corrected chi connectivity index (χ2v) is 19.2. The second-order valence-electron chi connectivity index (χ2n) is 18.2. The van der Waals surface area contributed by atoms with Crippen LogP contribution in [-0.2, 0) is 43.2 Å². The Morgan fingerprint density at radius 2 is 1.93 bits per heavy atom. The number of benzene rings is 1. The summed E-state index contributed by atoms with van der Waals surface area (Å²) in [6.07, 6.45) is 4.14. The summed E-state index contributed by atoms with van der Waals surface area (Å²) in [6.45, 7) is 15.2. The number of carbonyl (C=O) groups excluding carboxylic acids is 3. The van der Waals surface area contributed by atoms with Gasteiger partial charge in [0, 0.05) is 98.1 Å². The number of aromatic nitrogens is 3. The minimum absolute atomic E-state index is 0.0694. The molecule has 15 heteroatoms. The first-order valence-corrected chi connectivity index (χ1v) is 22.3. The fourth-order valence-electron chi connectivity index (χ4n) is 9.14. The monoisotopic (exact) mass is 840 g/mol. The fourth-order valence-corrected chi connectivity index (χ4v) is 9.99. The van der Waals surface area contributed by atoms with Gasteiger partial charge in [-0.2, -0.15) is 0 Å². The van der Waals surface area contributed by atoms with Gasteiger partial charge in [-0.15, -0.1) is 11.3 Å². The van der Waals surface area contributed by atoms with Crippen LogP contribution in [0.15, 0.2) is 35.8 Å². The second kappa shape index (κ2) is 16.8. The fraction of sp³-hybridized carbons (Fsp3) is 0.578. The molecule has 3 N–H and O–H groups in total. The number of aliphatic hydroxyl groups is 1. The largest absolute Gasteiger partial charge is 0.464 e. The van der Waals surface area contributed by atoms with Crippen molar-refractivity contribution in [3.05, 3.63) is 52.1 Å². The average Bonchev–Trinajstić information content (AvgIpc) is 3.80. The van der Waals surface area contributed by atoms with Gasteiger partial charge in [-0.05, 0) is 83.2 Å². The number of thiazole rings is 1. The molecule has 3 aromatic heterocycles. The number of carbonyl (C=O) groups is 3. The molecule has 4 aromatic rings. The Morgan fingerprint density at radius 3 is 2.65 bits per heavy atom. The molecule has 0 unspecified atom stereocenters. The van der Waals surface area contributed by atoms with Gasteiger partial charge in [0.05, 0.1) is 46.7 Å². The zero-order chi connectivity index (χ0) is 42.5. The molecule has 4 aliphatic rings. The van der Waals surface area contributed by atoms with Gasteiger partial charge in [-0.3, -0.25) is 19.6 Å². The van der Waals surface area contributed by atoms with Crippen LogP contribution in [0.1, 0.15) is 76.3 Å². The molecule has 0 radical (unpaired) electrons. The van der Waals surface area contributed by atoms with Crippen LogP contribution in [0.3, 0.4) is 0 Å². The van der Waals surface area contributed by atoms with Gasteiger partial charge >= 0.3 is 5.97 Å². The molecule has 0 spiro atoms. The lowest BCUT2D eigenvalue weighted by Crippen LogP contribution is -2.65. The normalized spacial score (nSPS) is 25.5. The zero-order valence-corrected chi connectivity index (χ0v) is 36.9. The molecule has 322 valence electrons. The van der Waals surface area contributed by atoms with Crippen LogP contribution in [0, 0.1) is 17.3 Å². The Labute approximate surface area is 356 Å².